The normalized spacial score (nSPS) is 21.6. The van der Waals surface area contributed by atoms with Crippen LogP contribution in [0.5, 0.6) is 0 Å². The van der Waals surface area contributed by atoms with Crippen LogP contribution in [0.15, 0.2) is 18.2 Å². The van der Waals surface area contributed by atoms with Gasteiger partial charge in [-0.1, -0.05) is 23.2 Å². The monoisotopic (exact) mass is 228 g/mol. The summed E-state index contributed by atoms with van der Waals surface area (Å²) < 4.78 is 0. The van der Waals surface area contributed by atoms with Crippen molar-refractivity contribution >= 4 is 29.0 Å². The molecule has 0 bridgehead atoms. The highest BCUT2D eigenvalue weighted by atomic mass is 35.5. The quantitative estimate of drug-likeness (QED) is 0.715. The molecule has 1 saturated carbocycles. The minimum atomic E-state index is 0.272. The molecule has 1 atom stereocenters. The molecule has 14 heavy (non-hydrogen) atoms. The molecule has 0 aromatic heterocycles. The summed E-state index contributed by atoms with van der Waals surface area (Å²) in [4.78, 5) is 11.1. The van der Waals surface area contributed by atoms with Crippen molar-refractivity contribution in [3.8, 4) is 0 Å². The van der Waals surface area contributed by atoms with Crippen LogP contribution >= 0.6 is 23.2 Å². The molecule has 2 rings (SSSR count). The number of halogens is 2. The Labute approximate surface area is 93.0 Å². The van der Waals surface area contributed by atoms with Crippen molar-refractivity contribution < 1.29 is 4.79 Å². The molecule has 0 aliphatic heterocycles. The minimum absolute atomic E-state index is 0.272. The maximum atomic E-state index is 11.1. The van der Waals surface area contributed by atoms with E-state index in [2.05, 4.69) is 0 Å². The Hall–Kier alpha value is -0.530. The highest BCUT2D eigenvalue weighted by molar-refractivity contribution is 6.33. The fourth-order valence-electron chi connectivity index (χ4n) is 1.91. The van der Waals surface area contributed by atoms with Crippen molar-refractivity contribution in [2.24, 2.45) is 0 Å². The first-order valence-electron chi connectivity index (χ1n) is 4.63. The fourth-order valence-corrected chi connectivity index (χ4v) is 2.36. The van der Waals surface area contributed by atoms with Gasteiger partial charge in [0, 0.05) is 22.9 Å². The number of ketones is 1. The number of Topliss-reactive ketones (excluding diaryl/α,β-unsaturated/α-hetero) is 1. The Kier molecular flexibility index (Phi) is 2.80. The van der Waals surface area contributed by atoms with Gasteiger partial charge in [-0.2, -0.15) is 0 Å². The zero-order valence-electron chi connectivity index (χ0n) is 7.59. The van der Waals surface area contributed by atoms with Crippen LogP contribution in [-0.2, 0) is 4.79 Å². The summed E-state index contributed by atoms with van der Waals surface area (Å²) in [6, 6.07) is 5.43. The van der Waals surface area contributed by atoms with Crippen molar-refractivity contribution in [1.82, 2.24) is 0 Å². The van der Waals surface area contributed by atoms with Crippen molar-refractivity contribution in [2.75, 3.05) is 0 Å². The Bertz CT molecular complexity index is 374. The second kappa shape index (κ2) is 3.92. The molecule has 3 heteroatoms. The predicted molar refractivity (Wildman–Crippen MR) is 58.1 cm³/mol. The Balaban J connectivity index is 2.31. The fraction of sp³-hybridized carbons (Fsp3) is 0.364. The lowest BCUT2D eigenvalue weighted by molar-refractivity contribution is -0.117. The highest BCUT2D eigenvalue weighted by Gasteiger charge is 2.25. The standard InChI is InChI=1S/C11H10Cl2O/c12-8-2-4-11(13)10(6-8)7-1-3-9(14)5-7/h2,4,6-7H,1,3,5H2. The molecule has 0 radical (unpaired) electrons. The number of benzene rings is 1. The Morgan fingerprint density at radius 3 is 2.71 bits per heavy atom. The summed E-state index contributed by atoms with van der Waals surface area (Å²) in [5.41, 5.74) is 1.02. The van der Waals surface area contributed by atoms with E-state index in [1.807, 2.05) is 6.07 Å². The third-order valence-electron chi connectivity index (χ3n) is 2.64. The van der Waals surface area contributed by atoms with E-state index in [0.29, 0.717) is 28.7 Å². The molecule has 0 amide bonds. The number of hydrogen-bond donors (Lipinski definition) is 0. The Morgan fingerprint density at radius 1 is 1.29 bits per heavy atom. The van der Waals surface area contributed by atoms with Crippen LogP contribution in [0.1, 0.15) is 30.7 Å². The zero-order valence-corrected chi connectivity index (χ0v) is 9.11. The summed E-state index contributed by atoms with van der Waals surface area (Å²) in [5.74, 6) is 0.597. The van der Waals surface area contributed by atoms with E-state index >= 15 is 0 Å². The van der Waals surface area contributed by atoms with Crippen molar-refractivity contribution in [3.63, 3.8) is 0 Å². The van der Waals surface area contributed by atoms with Crippen LogP contribution < -0.4 is 0 Å². The van der Waals surface area contributed by atoms with Crippen LogP contribution in [0.4, 0.5) is 0 Å². The van der Waals surface area contributed by atoms with Crippen molar-refractivity contribution in [3.05, 3.63) is 33.8 Å². The lowest BCUT2D eigenvalue weighted by Gasteiger charge is -2.10. The molecule has 0 heterocycles. The summed E-state index contributed by atoms with van der Waals surface area (Å²) in [6.07, 6.45) is 2.19. The van der Waals surface area contributed by atoms with Crippen LogP contribution in [0, 0.1) is 0 Å². The first-order valence-corrected chi connectivity index (χ1v) is 5.39. The topological polar surface area (TPSA) is 17.1 Å². The van der Waals surface area contributed by atoms with E-state index in [-0.39, 0.29) is 5.92 Å². The van der Waals surface area contributed by atoms with E-state index in [9.17, 15) is 4.79 Å². The number of rotatable bonds is 1. The first-order chi connectivity index (χ1) is 6.66. The molecule has 74 valence electrons. The third kappa shape index (κ3) is 1.94. The molecular weight excluding hydrogens is 219 g/mol. The van der Waals surface area contributed by atoms with Crippen LogP contribution in [-0.4, -0.2) is 5.78 Å². The van der Waals surface area contributed by atoms with Gasteiger partial charge in [0.2, 0.25) is 0 Å². The van der Waals surface area contributed by atoms with Gasteiger partial charge in [0.1, 0.15) is 5.78 Å². The van der Waals surface area contributed by atoms with Gasteiger partial charge in [-0.3, -0.25) is 4.79 Å². The van der Waals surface area contributed by atoms with Gasteiger partial charge in [0.25, 0.3) is 0 Å². The van der Waals surface area contributed by atoms with Gasteiger partial charge in [0.05, 0.1) is 0 Å². The van der Waals surface area contributed by atoms with E-state index in [1.54, 1.807) is 12.1 Å². The van der Waals surface area contributed by atoms with E-state index in [4.69, 9.17) is 23.2 Å². The molecule has 1 nitrogen and oxygen atoms in total. The van der Waals surface area contributed by atoms with Gasteiger partial charge >= 0.3 is 0 Å². The molecular formula is C11H10Cl2O. The van der Waals surface area contributed by atoms with Gasteiger partial charge in [0.15, 0.2) is 0 Å². The summed E-state index contributed by atoms with van der Waals surface area (Å²) >= 11 is 11.9. The average Bonchev–Trinajstić information content (AvgIpc) is 2.56. The van der Waals surface area contributed by atoms with E-state index < -0.39 is 0 Å². The molecule has 1 aliphatic carbocycles. The predicted octanol–water partition coefficient (Wildman–Crippen LogP) is 3.83. The van der Waals surface area contributed by atoms with Crippen molar-refractivity contribution in [1.29, 1.82) is 0 Å². The molecule has 1 aromatic rings. The number of carbonyl (C=O) groups is 1. The lowest BCUT2D eigenvalue weighted by Crippen LogP contribution is -1.95. The third-order valence-corrected chi connectivity index (χ3v) is 3.22. The molecule has 1 aromatic carbocycles. The number of hydrogen-bond acceptors (Lipinski definition) is 1. The summed E-state index contributed by atoms with van der Waals surface area (Å²) in [6.45, 7) is 0. The molecule has 1 fully saturated rings. The maximum Gasteiger partial charge on any atom is 0.133 e. The summed E-state index contributed by atoms with van der Waals surface area (Å²) in [7, 11) is 0. The molecule has 1 aliphatic rings. The van der Waals surface area contributed by atoms with Crippen LogP contribution in [0.25, 0.3) is 0 Å². The average molecular weight is 229 g/mol. The smallest absolute Gasteiger partial charge is 0.133 e. The first kappa shape index (κ1) is 10.0. The van der Waals surface area contributed by atoms with Gasteiger partial charge in [-0.15, -0.1) is 0 Å². The van der Waals surface area contributed by atoms with Gasteiger partial charge in [-0.25, -0.2) is 0 Å². The maximum absolute atomic E-state index is 11.1. The van der Waals surface area contributed by atoms with E-state index in [0.717, 1.165) is 12.0 Å². The molecule has 0 spiro atoms. The second-order valence-corrected chi connectivity index (χ2v) is 4.49. The lowest BCUT2D eigenvalue weighted by atomic mass is 9.98. The summed E-state index contributed by atoms with van der Waals surface area (Å²) in [5, 5.41) is 1.40. The molecule has 1 unspecified atom stereocenters. The largest absolute Gasteiger partial charge is 0.300 e. The SMILES string of the molecule is O=C1CCC(c2cc(Cl)ccc2Cl)C1. The molecule has 0 N–H and O–H groups in total. The zero-order chi connectivity index (χ0) is 10.1. The number of carbonyl (C=O) groups excluding carboxylic acids is 1. The Morgan fingerprint density at radius 2 is 2.07 bits per heavy atom. The van der Waals surface area contributed by atoms with E-state index in [1.165, 1.54) is 0 Å². The van der Waals surface area contributed by atoms with Gasteiger partial charge in [-0.05, 0) is 36.1 Å². The van der Waals surface area contributed by atoms with Crippen LogP contribution in [0.3, 0.4) is 0 Å². The van der Waals surface area contributed by atoms with Gasteiger partial charge < -0.3 is 0 Å². The highest BCUT2D eigenvalue weighted by Crippen LogP contribution is 2.37. The second-order valence-electron chi connectivity index (χ2n) is 3.64. The van der Waals surface area contributed by atoms with Crippen LogP contribution in [0.2, 0.25) is 10.0 Å². The minimum Gasteiger partial charge on any atom is -0.300 e. The van der Waals surface area contributed by atoms with Crippen molar-refractivity contribution in [2.45, 2.75) is 25.2 Å². The molecule has 0 saturated heterocycles.